The summed E-state index contributed by atoms with van der Waals surface area (Å²) in [4.78, 5) is 16.2. The van der Waals surface area contributed by atoms with Gasteiger partial charge in [0.25, 0.3) is 5.91 Å². The maximum atomic E-state index is 11.8. The molecule has 1 aromatic carbocycles. The number of aliphatic imine (C=N–C) groups is 1. The van der Waals surface area contributed by atoms with Gasteiger partial charge in [-0.2, -0.15) is 0 Å². The van der Waals surface area contributed by atoms with Gasteiger partial charge in [-0.05, 0) is 43.5 Å². The van der Waals surface area contributed by atoms with Crippen LogP contribution in [0.15, 0.2) is 35.0 Å². The van der Waals surface area contributed by atoms with Gasteiger partial charge in [-0.25, -0.2) is 4.99 Å². The summed E-state index contributed by atoms with van der Waals surface area (Å²) in [5, 5.41) is 2.84. The highest BCUT2D eigenvalue weighted by Gasteiger charge is 2.33. The standard InChI is InChI=1S/C15H16N2O2/c1-2-19-12-5-3-4-10(8-12)9-13-15(18)17-14(16-13)11-6-7-11/h3-5,8-9,11H,2,6-7H2,1H3,(H,16,17,18)/b13-9+. The van der Waals surface area contributed by atoms with Crippen LogP contribution < -0.4 is 10.1 Å². The van der Waals surface area contributed by atoms with Crippen LogP contribution in [0.3, 0.4) is 0 Å². The van der Waals surface area contributed by atoms with Crippen LogP contribution in [0, 0.1) is 5.92 Å². The van der Waals surface area contributed by atoms with Crippen molar-refractivity contribution in [2.45, 2.75) is 19.8 Å². The molecule has 1 aliphatic heterocycles. The molecule has 4 nitrogen and oxygen atoms in total. The zero-order valence-electron chi connectivity index (χ0n) is 10.8. The molecule has 0 aromatic heterocycles. The third kappa shape index (κ3) is 2.67. The van der Waals surface area contributed by atoms with Crippen molar-refractivity contribution in [3.05, 3.63) is 35.5 Å². The topological polar surface area (TPSA) is 50.7 Å². The first kappa shape index (κ1) is 12.0. The highest BCUT2D eigenvalue weighted by Crippen LogP contribution is 2.32. The lowest BCUT2D eigenvalue weighted by molar-refractivity contribution is -0.115. The van der Waals surface area contributed by atoms with Crippen LogP contribution in [0.2, 0.25) is 0 Å². The highest BCUT2D eigenvalue weighted by atomic mass is 16.5. The molecule has 0 spiro atoms. The van der Waals surface area contributed by atoms with E-state index in [1.165, 1.54) is 0 Å². The molecule has 0 unspecified atom stereocenters. The smallest absolute Gasteiger partial charge is 0.275 e. The molecular formula is C15H16N2O2. The summed E-state index contributed by atoms with van der Waals surface area (Å²) in [7, 11) is 0. The Morgan fingerprint density at radius 1 is 1.47 bits per heavy atom. The van der Waals surface area contributed by atoms with Gasteiger partial charge in [-0.15, -0.1) is 0 Å². The Bertz CT molecular complexity index is 571. The Kier molecular flexibility index (Phi) is 3.07. The summed E-state index contributed by atoms with van der Waals surface area (Å²) in [6, 6.07) is 7.66. The van der Waals surface area contributed by atoms with Crippen LogP contribution in [0.1, 0.15) is 25.3 Å². The first-order valence-electron chi connectivity index (χ1n) is 6.61. The van der Waals surface area contributed by atoms with Gasteiger partial charge in [0.1, 0.15) is 17.3 Å². The fraction of sp³-hybridized carbons (Fsp3) is 0.333. The number of carbonyl (C=O) groups excluding carboxylic acids is 1. The van der Waals surface area contributed by atoms with E-state index in [1.807, 2.05) is 31.2 Å². The number of amides is 1. The molecule has 1 aliphatic carbocycles. The third-order valence-electron chi connectivity index (χ3n) is 3.15. The molecule has 1 N–H and O–H groups in total. The fourth-order valence-corrected chi connectivity index (χ4v) is 2.06. The molecule has 1 fully saturated rings. The molecule has 2 aliphatic rings. The minimum atomic E-state index is -0.108. The van der Waals surface area contributed by atoms with Crippen molar-refractivity contribution >= 4 is 17.8 Å². The molecule has 0 atom stereocenters. The van der Waals surface area contributed by atoms with Crippen molar-refractivity contribution in [2.75, 3.05) is 6.61 Å². The average Bonchev–Trinajstić information content (AvgIpc) is 3.17. The van der Waals surface area contributed by atoms with E-state index >= 15 is 0 Å². The molecule has 0 radical (unpaired) electrons. The molecule has 0 bridgehead atoms. The van der Waals surface area contributed by atoms with Crippen molar-refractivity contribution in [1.29, 1.82) is 0 Å². The minimum absolute atomic E-state index is 0.108. The van der Waals surface area contributed by atoms with Crippen molar-refractivity contribution in [1.82, 2.24) is 5.32 Å². The number of ether oxygens (including phenoxy) is 1. The van der Waals surface area contributed by atoms with E-state index in [-0.39, 0.29) is 5.91 Å². The summed E-state index contributed by atoms with van der Waals surface area (Å²) in [6.45, 7) is 2.58. The minimum Gasteiger partial charge on any atom is -0.494 e. The molecule has 1 saturated carbocycles. The van der Waals surface area contributed by atoms with E-state index in [9.17, 15) is 4.79 Å². The largest absolute Gasteiger partial charge is 0.494 e. The molecule has 98 valence electrons. The van der Waals surface area contributed by atoms with Crippen LogP contribution in [-0.4, -0.2) is 18.3 Å². The number of benzene rings is 1. The van der Waals surface area contributed by atoms with Crippen molar-refractivity contribution in [2.24, 2.45) is 10.9 Å². The van der Waals surface area contributed by atoms with Crippen LogP contribution in [0.25, 0.3) is 6.08 Å². The highest BCUT2D eigenvalue weighted by molar-refractivity contribution is 6.15. The Balaban J connectivity index is 1.84. The van der Waals surface area contributed by atoms with Gasteiger partial charge in [-0.3, -0.25) is 4.79 Å². The lowest BCUT2D eigenvalue weighted by Gasteiger charge is -2.03. The first-order valence-corrected chi connectivity index (χ1v) is 6.61. The predicted molar refractivity (Wildman–Crippen MR) is 73.9 cm³/mol. The van der Waals surface area contributed by atoms with Crippen LogP contribution in [-0.2, 0) is 4.79 Å². The number of nitrogens with one attached hydrogen (secondary N) is 1. The number of rotatable bonds is 4. The van der Waals surface area contributed by atoms with Gasteiger partial charge in [0.2, 0.25) is 0 Å². The van der Waals surface area contributed by atoms with E-state index in [2.05, 4.69) is 10.3 Å². The third-order valence-corrected chi connectivity index (χ3v) is 3.15. The van der Waals surface area contributed by atoms with E-state index in [0.717, 1.165) is 30.0 Å². The summed E-state index contributed by atoms with van der Waals surface area (Å²) in [6.07, 6.45) is 4.06. The normalized spacial score (nSPS) is 20.4. The Morgan fingerprint density at radius 3 is 3.05 bits per heavy atom. The second kappa shape index (κ2) is 4.88. The lowest BCUT2D eigenvalue weighted by atomic mass is 10.2. The molecule has 4 heteroatoms. The molecule has 1 amide bonds. The summed E-state index contributed by atoms with van der Waals surface area (Å²) in [5.74, 6) is 1.99. The van der Waals surface area contributed by atoms with Gasteiger partial charge < -0.3 is 10.1 Å². The monoisotopic (exact) mass is 256 g/mol. The second-order valence-corrected chi connectivity index (χ2v) is 4.76. The first-order chi connectivity index (χ1) is 9.26. The van der Waals surface area contributed by atoms with E-state index in [4.69, 9.17) is 4.74 Å². The van der Waals surface area contributed by atoms with Gasteiger partial charge in [0.05, 0.1) is 6.61 Å². The molecule has 0 saturated heterocycles. The van der Waals surface area contributed by atoms with E-state index in [0.29, 0.717) is 18.2 Å². The molecule has 1 heterocycles. The summed E-state index contributed by atoms with van der Waals surface area (Å²) >= 11 is 0. The Morgan fingerprint density at radius 2 is 2.32 bits per heavy atom. The summed E-state index contributed by atoms with van der Waals surface area (Å²) < 4.78 is 5.44. The van der Waals surface area contributed by atoms with E-state index in [1.54, 1.807) is 6.08 Å². The SMILES string of the molecule is CCOc1cccc(/C=C2/N=C(C3CC3)NC2=O)c1. The number of hydrogen-bond donors (Lipinski definition) is 1. The number of amidine groups is 1. The Hall–Kier alpha value is -2.10. The lowest BCUT2D eigenvalue weighted by Crippen LogP contribution is -2.25. The van der Waals surface area contributed by atoms with Gasteiger partial charge in [0, 0.05) is 5.92 Å². The zero-order chi connectivity index (χ0) is 13.2. The maximum Gasteiger partial charge on any atom is 0.275 e. The van der Waals surface area contributed by atoms with Crippen LogP contribution in [0.5, 0.6) is 5.75 Å². The zero-order valence-corrected chi connectivity index (χ0v) is 10.8. The van der Waals surface area contributed by atoms with Gasteiger partial charge >= 0.3 is 0 Å². The molecule has 1 aromatic rings. The fourth-order valence-electron chi connectivity index (χ4n) is 2.06. The van der Waals surface area contributed by atoms with Crippen molar-refractivity contribution in [3.63, 3.8) is 0 Å². The van der Waals surface area contributed by atoms with Crippen LogP contribution >= 0.6 is 0 Å². The number of carbonyl (C=O) groups is 1. The number of hydrogen-bond acceptors (Lipinski definition) is 3. The van der Waals surface area contributed by atoms with Gasteiger partial charge in [-0.1, -0.05) is 12.1 Å². The van der Waals surface area contributed by atoms with Crippen molar-refractivity contribution in [3.8, 4) is 5.75 Å². The Labute approximate surface area is 112 Å². The second-order valence-electron chi connectivity index (χ2n) is 4.76. The average molecular weight is 256 g/mol. The maximum absolute atomic E-state index is 11.8. The predicted octanol–water partition coefficient (Wildman–Crippen LogP) is 2.36. The van der Waals surface area contributed by atoms with Gasteiger partial charge in [0.15, 0.2) is 0 Å². The van der Waals surface area contributed by atoms with E-state index < -0.39 is 0 Å². The van der Waals surface area contributed by atoms with Crippen LogP contribution in [0.4, 0.5) is 0 Å². The molecular weight excluding hydrogens is 240 g/mol. The quantitative estimate of drug-likeness (QED) is 0.841. The van der Waals surface area contributed by atoms with Crippen molar-refractivity contribution < 1.29 is 9.53 Å². The number of nitrogens with zero attached hydrogens (tertiary/aromatic N) is 1. The molecule has 3 rings (SSSR count). The summed E-state index contributed by atoms with van der Waals surface area (Å²) in [5.41, 5.74) is 1.41. The molecule has 19 heavy (non-hydrogen) atoms.